The van der Waals surface area contributed by atoms with Crippen LogP contribution in [0.4, 0.5) is 5.95 Å². The fourth-order valence-corrected chi connectivity index (χ4v) is 5.16. The van der Waals surface area contributed by atoms with Crippen molar-refractivity contribution >= 4 is 17.4 Å². The topological polar surface area (TPSA) is 122 Å². The van der Waals surface area contributed by atoms with Gasteiger partial charge in [-0.15, -0.1) is 0 Å². The second-order valence-corrected chi connectivity index (χ2v) is 10.1. The summed E-state index contributed by atoms with van der Waals surface area (Å²) in [5.41, 5.74) is 8.29. The molecule has 2 aliphatic rings. The highest BCUT2D eigenvalue weighted by Gasteiger charge is 2.39. The average Bonchev–Trinajstić information content (AvgIpc) is 2.93. The van der Waals surface area contributed by atoms with Gasteiger partial charge in [0.05, 0.1) is 24.7 Å². The van der Waals surface area contributed by atoms with Crippen LogP contribution >= 0.6 is 0 Å². The van der Waals surface area contributed by atoms with Crippen LogP contribution in [-0.4, -0.2) is 58.5 Å². The molecule has 2 heterocycles. The van der Waals surface area contributed by atoms with Gasteiger partial charge in [0, 0.05) is 25.5 Å². The molecule has 194 valence electrons. The highest BCUT2D eigenvalue weighted by Crippen LogP contribution is 2.42. The Labute approximate surface area is 213 Å². The normalized spacial score (nSPS) is 21.6. The molecule has 2 aromatic rings. The van der Waals surface area contributed by atoms with E-state index in [-0.39, 0.29) is 13.0 Å². The van der Waals surface area contributed by atoms with E-state index in [0.29, 0.717) is 31.8 Å². The van der Waals surface area contributed by atoms with Gasteiger partial charge >= 0.3 is 0 Å². The van der Waals surface area contributed by atoms with Crippen LogP contribution in [0.15, 0.2) is 42.7 Å². The Morgan fingerprint density at radius 3 is 2.47 bits per heavy atom. The number of allylic oxidation sites excluding steroid dienone is 2. The maximum atomic E-state index is 12.1. The Bertz CT molecular complexity index is 1030. The smallest absolute Gasteiger partial charge is 0.225 e. The summed E-state index contributed by atoms with van der Waals surface area (Å²) < 4.78 is 6.10. The van der Waals surface area contributed by atoms with E-state index < -0.39 is 17.4 Å². The lowest BCUT2D eigenvalue weighted by molar-refractivity contribution is -0.130. The molecule has 4 N–H and O–H groups in total. The van der Waals surface area contributed by atoms with Crippen molar-refractivity contribution in [2.75, 3.05) is 31.2 Å². The number of aliphatic hydroxyl groups excluding tert-OH is 2. The molecular weight excluding hydrogens is 456 g/mol. The molecule has 1 aromatic carbocycles. The number of primary amides is 1. The van der Waals surface area contributed by atoms with Crippen LogP contribution in [0, 0.1) is 11.3 Å². The van der Waals surface area contributed by atoms with Gasteiger partial charge in [0.2, 0.25) is 11.9 Å². The fourth-order valence-electron chi connectivity index (χ4n) is 5.16. The van der Waals surface area contributed by atoms with Gasteiger partial charge < -0.3 is 25.6 Å². The Hall–Kier alpha value is -2.97. The van der Waals surface area contributed by atoms with E-state index in [2.05, 4.69) is 33.9 Å². The number of amides is 1. The molecule has 36 heavy (non-hydrogen) atoms. The number of aromatic nitrogens is 2. The first-order valence-corrected chi connectivity index (χ1v) is 13.0. The van der Waals surface area contributed by atoms with Gasteiger partial charge in [0.1, 0.15) is 5.75 Å². The molecule has 0 saturated carbocycles. The summed E-state index contributed by atoms with van der Waals surface area (Å²) in [5.74, 6) is 1.76. The lowest BCUT2D eigenvalue weighted by Crippen LogP contribution is -2.41. The van der Waals surface area contributed by atoms with Crippen molar-refractivity contribution in [1.82, 2.24) is 9.97 Å². The fraction of sp³-hybridized carbons (Fsp3) is 0.536. The third-order valence-corrected chi connectivity index (χ3v) is 7.68. The summed E-state index contributed by atoms with van der Waals surface area (Å²) in [6.07, 6.45) is 9.92. The van der Waals surface area contributed by atoms with Crippen molar-refractivity contribution in [3.63, 3.8) is 0 Å². The SMILES string of the molecule is CCc1cnc(N2CCC(COc3ccc(C4=CCC(C[C@H](O)CO)(C(N)=O)CC4)cc3)CC2)nc1. The van der Waals surface area contributed by atoms with E-state index in [1.807, 2.05) is 30.6 Å². The molecule has 0 radical (unpaired) electrons. The van der Waals surface area contributed by atoms with Crippen LogP contribution in [0.1, 0.15) is 56.6 Å². The molecule has 1 saturated heterocycles. The zero-order valence-corrected chi connectivity index (χ0v) is 21.1. The maximum Gasteiger partial charge on any atom is 0.225 e. The predicted molar refractivity (Wildman–Crippen MR) is 139 cm³/mol. The molecule has 1 fully saturated rings. The number of piperidine rings is 1. The largest absolute Gasteiger partial charge is 0.493 e. The van der Waals surface area contributed by atoms with E-state index in [9.17, 15) is 15.0 Å². The number of nitrogens with zero attached hydrogens (tertiary/aromatic N) is 3. The number of anilines is 1. The summed E-state index contributed by atoms with van der Waals surface area (Å²) in [4.78, 5) is 23.4. The van der Waals surface area contributed by atoms with Crippen LogP contribution in [0.25, 0.3) is 5.57 Å². The van der Waals surface area contributed by atoms with Gasteiger partial charge in [-0.25, -0.2) is 9.97 Å². The number of carbonyl (C=O) groups excluding carboxylic acids is 1. The van der Waals surface area contributed by atoms with Gasteiger partial charge in [-0.2, -0.15) is 0 Å². The van der Waals surface area contributed by atoms with Crippen LogP contribution in [0.3, 0.4) is 0 Å². The molecule has 1 aromatic heterocycles. The standard InChI is InChI=1S/C28H38N4O4/c1-2-20-16-30-27(31-17-20)32-13-9-21(10-14-32)19-36-25-5-3-22(4-6-25)23-7-11-28(12-8-23,26(29)35)15-24(34)18-33/h3-7,16-17,21,24,33-34H,2,8-15,18-19H2,1H3,(H2,29,35)/t24-,28?/m0/s1. The minimum Gasteiger partial charge on any atom is -0.493 e. The average molecular weight is 495 g/mol. The van der Waals surface area contributed by atoms with Crippen molar-refractivity contribution in [1.29, 1.82) is 0 Å². The Morgan fingerprint density at radius 2 is 1.92 bits per heavy atom. The van der Waals surface area contributed by atoms with Gasteiger partial charge in [-0.3, -0.25) is 4.79 Å². The zero-order valence-electron chi connectivity index (χ0n) is 21.1. The molecule has 8 nitrogen and oxygen atoms in total. The molecule has 1 aliphatic heterocycles. The van der Waals surface area contributed by atoms with Crippen LogP contribution < -0.4 is 15.4 Å². The highest BCUT2D eigenvalue weighted by atomic mass is 16.5. The first-order chi connectivity index (χ1) is 17.4. The van der Waals surface area contributed by atoms with Crippen molar-refractivity contribution in [3.8, 4) is 5.75 Å². The van der Waals surface area contributed by atoms with E-state index in [4.69, 9.17) is 10.5 Å². The lowest BCUT2D eigenvalue weighted by atomic mass is 9.70. The summed E-state index contributed by atoms with van der Waals surface area (Å²) in [5, 5.41) is 19.0. The Morgan fingerprint density at radius 1 is 1.22 bits per heavy atom. The first kappa shape index (κ1) is 26.1. The van der Waals surface area contributed by atoms with Crippen molar-refractivity contribution < 1.29 is 19.7 Å². The van der Waals surface area contributed by atoms with E-state index >= 15 is 0 Å². The van der Waals surface area contributed by atoms with Crippen LogP contribution in [0.2, 0.25) is 0 Å². The Kier molecular flexibility index (Phi) is 8.59. The van der Waals surface area contributed by atoms with E-state index in [0.717, 1.165) is 55.2 Å². The van der Waals surface area contributed by atoms with Gasteiger partial charge in [-0.1, -0.05) is 25.1 Å². The highest BCUT2D eigenvalue weighted by molar-refractivity contribution is 5.83. The van der Waals surface area contributed by atoms with Gasteiger partial charge in [0.15, 0.2) is 0 Å². The van der Waals surface area contributed by atoms with Crippen molar-refractivity contribution in [3.05, 3.63) is 53.9 Å². The number of nitrogens with two attached hydrogens (primary N) is 1. The predicted octanol–water partition coefficient (Wildman–Crippen LogP) is 3.12. The van der Waals surface area contributed by atoms with Crippen LogP contribution in [0.5, 0.6) is 5.75 Å². The zero-order chi connectivity index (χ0) is 25.5. The summed E-state index contributed by atoms with van der Waals surface area (Å²) >= 11 is 0. The molecule has 1 unspecified atom stereocenters. The summed E-state index contributed by atoms with van der Waals surface area (Å²) in [7, 11) is 0. The number of ether oxygens (including phenoxy) is 1. The minimum atomic E-state index is -0.934. The summed E-state index contributed by atoms with van der Waals surface area (Å²) in [6.45, 7) is 4.31. The second kappa shape index (κ2) is 11.8. The molecule has 0 bridgehead atoms. The molecule has 8 heteroatoms. The summed E-state index contributed by atoms with van der Waals surface area (Å²) in [6, 6.07) is 8.11. The number of aliphatic hydroxyl groups is 2. The third kappa shape index (κ3) is 6.23. The quantitative estimate of drug-likeness (QED) is 0.464. The number of carbonyl (C=O) groups is 1. The van der Waals surface area contributed by atoms with E-state index in [1.54, 1.807) is 0 Å². The number of aryl methyl sites for hydroxylation is 1. The molecule has 0 spiro atoms. The van der Waals surface area contributed by atoms with Gasteiger partial charge in [-0.05, 0) is 79.7 Å². The van der Waals surface area contributed by atoms with E-state index in [1.165, 1.54) is 5.57 Å². The molecule has 2 atom stereocenters. The minimum absolute atomic E-state index is 0.187. The molecule has 1 amide bonds. The molecule has 1 aliphatic carbocycles. The molecule has 4 rings (SSSR count). The first-order valence-electron chi connectivity index (χ1n) is 13.0. The van der Waals surface area contributed by atoms with Gasteiger partial charge in [0.25, 0.3) is 0 Å². The van der Waals surface area contributed by atoms with Crippen molar-refractivity contribution in [2.45, 2.75) is 58.0 Å². The number of hydrogen-bond donors (Lipinski definition) is 3. The maximum absolute atomic E-state index is 12.1. The number of benzene rings is 1. The number of rotatable bonds is 10. The monoisotopic (exact) mass is 494 g/mol. The van der Waals surface area contributed by atoms with Crippen LogP contribution in [-0.2, 0) is 11.2 Å². The second-order valence-electron chi connectivity index (χ2n) is 10.1. The third-order valence-electron chi connectivity index (χ3n) is 7.68. The lowest BCUT2D eigenvalue weighted by Gasteiger charge is -2.35. The number of hydrogen-bond acceptors (Lipinski definition) is 7. The van der Waals surface area contributed by atoms with Crippen molar-refractivity contribution in [2.24, 2.45) is 17.1 Å². The Balaban J connectivity index is 1.26. The molecular formula is C28H38N4O4.